The van der Waals surface area contributed by atoms with Gasteiger partial charge in [0, 0.05) is 5.92 Å². The van der Waals surface area contributed by atoms with Gasteiger partial charge in [0.2, 0.25) is 0 Å². The molecule has 0 spiro atoms. The van der Waals surface area contributed by atoms with Crippen molar-refractivity contribution >= 4 is 0 Å². The third-order valence-electron chi connectivity index (χ3n) is 3.41. The minimum atomic E-state index is 0.260. The van der Waals surface area contributed by atoms with E-state index in [0.717, 1.165) is 12.0 Å². The van der Waals surface area contributed by atoms with Gasteiger partial charge in [-0.3, -0.25) is 0 Å². The molecule has 1 fully saturated rings. The summed E-state index contributed by atoms with van der Waals surface area (Å²) in [5.74, 6) is 1.56. The van der Waals surface area contributed by atoms with Crippen LogP contribution < -0.4 is 0 Å². The third kappa shape index (κ3) is 0.661. The first-order chi connectivity index (χ1) is 5.03. The van der Waals surface area contributed by atoms with Crippen LogP contribution in [0, 0.1) is 17.3 Å². The summed E-state index contributed by atoms with van der Waals surface area (Å²) in [6, 6.07) is 0. The van der Waals surface area contributed by atoms with Gasteiger partial charge in [-0.05, 0) is 29.4 Å². The zero-order valence-corrected chi connectivity index (χ0v) is 7.09. The molecule has 3 aliphatic rings. The number of aliphatic hydroxyl groups is 1. The molecule has 0 aliphatic heterocycles. The summed E-state index contributed by atoms with van der Waals surface area (Å²) in [6.07, 6.45) is 2.94. The predicted octanol–water partition coefficient (Wildman–Crippen LogP) is 2.66. The number of hydrogen-bond donors (Lipinski definition) is 1. The number of allylic oxidation sites excluding steroid dienone is 3. The summed E-state index contributed by atoms with van der Waals surface area (Å²) in [5, 5.41) is 9.52. The lowest BCUT2D eigenvalue weighted by molar-refractivity contribution is -0.00546. The van der Waals surface area contributed by atoms with E-state index >= 15 is 0 Å². The fraction of sp³-hybridized carbons (Fsp3) is 0.600. The van der Waals surface area contributed by atoms with Crippen LogP contribution in [0.3, 0.4) is 0 Å². The van der Waals surface area contributed by atoms with Crippen LogP contribution in [0.5, 0.6) is 0 Å². The van der Waals surface area contributed by atoms with Gasteiger partial charge in [-0.2, -0.15) is 0 Å². The second-order valence-electron chi connectivity index (χ2n) is 4.31. The maximum atomic E-state index is 9.52. The van der Waals surface area contributed by atoms with Crippen molar-refractivity contribution in [2.75, 3.05) is 0 Å². The molecule has 0 aromatic carbocycles. The number of rotatable bonds is 0. The quantitative estimate of drug-likeness (QED) is 0.563. The normalized spacial score (nSPS) is 39.5. The maximum Gasteiger partial charge on any atom is 0.0961 e. The smallest absolute Gasteiger partial charge is 0.0961 e. The molecule has 0 saturated heterocycles. The Labute approximate surface area is 67.4 Å². The number of hydrogen-bond acceptors (Lipinski definition) is 1. The molecular formula is C10H14O. The monoisotopic (exact) mass is 150 g/mol. The van der Waals surface area contributed by atoms with E-state index in [2.05, 4.69) is 20.4 Å². The summed E-state index contributed by atoms with van der Waals surface area (Å²) in [4.78, 5) is 0. The van der Waals surface area contributed by atoms with Gasteiger partial charge in [-0.25, -0.2) is 0 Å². The molecule has 0 unspecified atom stereocenters. The minimum Gasteiger partial charge on any atom is -0.512 e. The van der Waals surface area contributed by atoms with E-state index in [1.807, 2.05) is 6.08 Å². The lowest BCUT2D eigenvalue weighted by Crippen LogP contribution is -2.48. The SMILES string of the molecule is C=C1C=C(O)[C@@H]2C[C@H]1C2(C)C. The summed E-state index contributed by atoms with van der Waals surface area (Å²) >= 11 is 0. The van der Waals surface area contributed by atoms with Gasteiger partial charge in [0.1, 0.15) is 0 Å². The molecule has 1 heteroatoms. The van der Waals surface area contributed by atoms with Crippen molar-refractivity contribution in [2.24, 2.45) is 17.3 Å². The van der Waals surface area contributed by atoms with Crippen LogP contribution in [0.15, 0.2) is 24.0 Å². The Morgan fingerprint density at radius 2 is 2.18 bits per heavy atom. The first-order valence-electron chi connectivity index (χ1n) is 4.13. The lowest BCUT2D eigenvalue weighted by Gasteiger charge is -2.55. The Bertz CT molecular complexity index is 248. The van der Waals surface area contributed by atoms with E-state index in [9.17, 15) is 5.11 Å². The minimum absolute atomic E-state index is 0.260. The molecule has 0 heterocycles. The molecule has 2 bridgehead atoms. The van der Waals surface area contributed by atoms with Gasteiger partial charge in [0.25, 0.3) is 0 Å². The topological polar surface area (TPSA) is 20.2 Å². The van der Waals surface area contributed by atoms with Crippen LogP contribution in [0.25, 0.3) is 0 Å². The van der Waals surface area contributed by atoms with E-state index in [1.54, 1.807) is 0 Å². The fourth-order valence-electron chi connectivity index (χ4n) is 2.45. The first kappa shape index (κ1) is 6.96. The Balaban J connectivity index is 2.42. The highest BCUT2D eigenvalue weighted by atomic mass is 16.3. The summed E-state index contributed by atoms with van der Waals surface area (Å²) in [6.45, 7) is 8.36. The van der Waals surface area contributed by atoms with Gasteiger partial charge in [-0.15, -0.1) is 0 Å². The highest BCUT2D eigenvalue weighted by Crippen LogP contribution is 2.59. The van der Waals surface area contributed by atoms with Crippen molar-refractivity contribution in [3.63, 3.8) is 0 Å². The second-order valence-corrected chi connectivity index (χ2v) is 4.31. The number of fused-ring (bicyclic) bond motifs is 1. The largest absolute Gasteiger partial charge is 0.512 e. The molecule has 0 radical (unpaired) electrons. The van der Waals surface area contributed by atoms with E-state index in [-0.39, 0.29) is 5.41 Å². The lowest BCUT2D eigenvalue weighted by atomic mass is 9.49. The van der Waals surface area contributed by atoms with Gasteiger partial charge in [-0.1, -0.05) is 20.4 Å². The Morgan fingerprint density at radius 3 is 2.55 bits per heavy atom. The average molecular weight is 150 g/mol. The van der Waals surface area contributed by atoms with Crippen molar-refractivity contribution in [3.05, 3.63) is 24.0 Å². The Morgan fingerprint density at radius 1 is 1.55 bits per heavy atom. The average Bonchev–Trinajstić information content (AvgIpc) is 1.84. The van der Waals surface area contributed by atoms with Crippen LogP contribution >= 0.6 is 0 Å². The molecule has 2 atom stereocenters. The van der Waals surface area contributed by atoms with Crippen LogP contribution in [-0.2, 0) is 0 Å². The summed E-state index contributed by atoms with van der Waals surface area (Å²) in [5.41, 5.74) is 1.37. The molecule has 3 aliphatic carbocycles. The third-order valence-corrected chi connectivity index (χ3v) is 3.41. The summed E-state index contributed by atoms with van der Waals surface area (Å²) in [7, 11) is 0. The van der Waals surface area contributed by atoms with Crippen molar-refractivity contribution < 1.29 is 5.11 Å². The highest BCUT2D eigenvalue weighted by molar-refractivity contribution is 5.35. The maximum absolute atomic E-state index is 9.52. The van der Waals surface area contributed by atoms with Crippen LogP contribution in [0.4, 0.5) is 0 Å². The van der Waals surface area contributed by atoms with Crippen LogP contribution in [0.1, 0.15) is 20.3 Å². The van der Waals surface area contributed by atoms with E-state index < -0.39 is 0 Å². The van der Waals surface area contributed by atoms with E-state index in [1.165, 1.54) is 0 Å². The number of aliphatic hydroxyl groups excluding tert-OH is 1. The molecule has 0 aromatic heterocycles. The van der Waals surface area contributed by atoms with Gasteiger partial charge in [0.05, 0.1) is 5.76 Å². The van der Waals surface area contributed by atoms with E-state index in [0.29, 0.717) is 17.6 Å². The van der Waals surface area contributed by atoms with Crippen molar-refractivity contribution in [1.82, 2.24) is 0 Å². The molecule has 1 N–H and O–H groups in total. The van der Waals surface area contributed by atoms with Crippen molar-refractivity contribution in [1.29, 1.82) is 0 Å². The molecule has 0 amide bonds. The van der Waals surface area contributed by atoms with Gasteiger partial charge >= 0.3 is 0 Å². The fourth-order valence-corrected chi connectivity index (χ4v) is 2.45. The molecule has 1 nitrogen and oxygen atoms in total. The summed E-state index contributed by atoms with van der Waals surface area (Å²) < 4.78 is 0. The van der Waals surface area contributed by atoms with Crippen LogP contribution in [-0.4, -0.2) is 5.11 Å². The highest BCUT2D eigenvalue weighted by Gasteiger charge is 2.53. The Hall–Kier alpha value is -0.720. The molecular weight excluding hydrogens is 136 g/mol. The predicted molar refractivity (Wildman–Crippen MR) is 45.2 cm³/mol. The van der Waals surface area contributed by atoms with Crippen molar-refractivity contribution in [2.45, 2.75) is 20.3 Å². The van der Waals surface area contributed by atoms with Crippen molar-refractivity contribution in [3.8, 4) is 0 Å². The molecule has 60 valence electrons. The molecule has 1 saturated carbocycles. The second kappa shape index (κ2) is 1.71. The molecule has 11 heavy (non-hydrogen) atoms. The zero-order chi connectivity index (χ0) is 8.22. The van der Waals surface area contributed by atoms with Gasteiger partial charge in [0.15, 0.2) is 0 Å². The van der Waals surface area contributed by atoms with E-state index in [4.69, 9.17) is 0 Å². The molecule has 3 rings (SSSR count). The molecule has 0 aromatic rings. The standard InChI is InChI=1S/C10H14O/c1-6-4-9(11)8-5-7(6)10(8,2)3/h4,7-8,11H,1,5H2,2-3H3/t7-,8+/m1/s1. The van der Waals surface area contributed by atoms with Gasteiger partial charge < -0.3 is 5.11 Å². The first-order valence-corrected chi connectivity index (χ1v) is 4.13. The van der Waals surface area contributed by atoms with Crippen LogP contribution in [0.2, 0.25) is 0 Å². The Kier molecular flexibility index (Phi) is 1.08. The zero-order valence-electron chi connectivity index (χ0n) is 7.09.